The van der Waals surface area contributed by atoms with E-state index in [9.17, 15) is 4.79 Å². The van der Waals surface area contributed by atoms with Gasteiger partial charge in [-0.2, -0.15) is 10.4 Å². The molecule has 0 bridgehead atoms. The first-order chi connectivity index (χ1) is 10.7. The molecule has 1 N–H and O–H groups in total. The Bertz CT molecular complexity index is 704. The Morgan fingerprint density at radius 3 is 2.32 bits per heavy atom. The van der Waals surface area contributed by atoms with E-state index in [1.165, 1.54) is 7.11 Å². The molecule has 2 aromatic carbocycles. The molecule has 0 spiro atoms. The van der Waals surface area contributed by atoms with E-state index in [1.54, 1.807) is 30.3 Å². The van der Waals surface area contributed by atoms with E-state index in [-0.39, 0.29) is 5.71 Å². The molecular weight excluding hydrogens is 282 g/mol. The Kier molecular flexibility index (Phi) is 5.10. The number of esters is 1. The lowest BCUT2D eigenvalue weighted by molar-refractivity contribution is -0.132. The summed E-state index contributed by atoms with van der Waals surface area (Å²) >= 11 is 0. The first kappa shape index (κ1) is 15.1. The van der Waals surface area contributed by atoms with Crippen LogP contribution < -0.4 is 10.2 Å². The van der Waals surface area contributed by atoms with Crippen molar-refractivity contribution in [3.05, 3.63) is 54.6 Å². The summed E-state index contributed by atoms with van der Waals surface area (Å²) in [6.45, 7) is 0. The molecule has 22 heavy (non-hydrogen) atoms. The lowest BCUT2D eigenvalue weighted by Gasteiger charge is -2.06. The van der Waals surface area contributed by atoms with Crippen LogP contribution in [0.15, 0.2) is 59.7 Å². The Hall–Kier alpha value is -3.33. The number of hydrazone groups is 1. The number of anilines is 1. The highest BCUT2D eigenvalue weighted by molar-refractivity contribution is 6.43. The van der Waals surface area contributed by atoms with E-state index in [0.29, 0.717) is 11.4 Å². The van der Waals surface area contributed by atoms with Crippen molar-refractivity contribution in [3.8, 4) is 17.6 Å². The van der Waals surface area contributed by atoms with Crippen LogP contribution in [0.1, 0.15) is 0 Å². The number of nitriles is 1. The van der Waals surface area contributed by atoms with Gasteiger partial charge < -0.3 is 9.47 Å². The first-order valence-electron chi connectivity index (χ1n) is 6.38. The Morgan fingerprint density at radius 1 is 1.09 bits per heavy atom. The molecular formula is C16H13N3O3. The fraction of sp³-hybridized carbons (Fsp3) is 0.0625. The van der Waals surface area contributed by atoms with Crippen molar-refractivity contribution in [1.82, 2.24) is 0 Å². The minimum atomic E-state index is -0.793. The summed E-state index contributed by atoms with van der Waals surface area (Å²) in [6, 6.07) is 18.0. The van der Waals surface area contributed by atoms with Gasteiger partial charge >= 0.3 is 5.97 Å². The zero-order chi connectivity index (χ0) is 15.8. The lowest BCUT2D eigenvalue weighted by atomic mass is 10.3. The molecule has 0 radical (unpaired) electrons. The van der Waals surface area contributed by atoms with Crippen molar-refractivity contribution >= 4 is 17.4 Å². The maximum Gasteiger partial charge on any atom is 0.369 e. The average molecular weight is 295 g/mol. The van der Waals surface area contributed by atoms with Crippen molar-refractivity contribution in [3.63, 3.8) is 0 Å². The number of carbonyl (C=O) groups is 1. The number of benzene rings is 2. The molecule has 6 heteroatoms. The van der Waals surface area contributed by atoms with Gasteiger partial charge in [-0.1, -0.05) is 18.2 Å². The third kappa shape index (κ3) is 4.08. The number of nitrogens with zero attached hydrogens (tertiary/aromatic N) is 2. The standard InChI is InChI=1S/C16H13N3O3/c1-21-16(20)15(11-17)19-18-12-7-9-14(10-8-12)22-13-5-3-2-4-6-13/h2-10,18H,1H3/b19-15+. The minimum absolute atomic E-state index is 0.355. The maximum atomic E-state index is 11.2. The topological polar surface area (TPSA) is 83.7 Å². The molecule has 0 saturated carbocycles. The summed E-state index contributed by atoms with van der Waals surface area (Å²) in [7, 11) is 1.19. The summed E-state index contributed by atoms with van der Waals surface area (Å²) in [5.74, 6) is 0.604. The predicted octanol–water partition coefficient (Wildman–Crippen LogP) is 2.94. The van der Waals surface area contributed by atoms with Gasteiger partial charge in [0.15, 0.2) is 0 Å². The van der Waals surface area contributed by atoms with Crippen molar-refractivity contribution in [2.45, 2.75) is 0 Å². The maximum absolute atomic E-state index is 11.2. The van der Waals surface area contributed by atoms with E-state index in [4.69, 9.17) is 10.00 Å². The monoisotopic (exact) mass is 295 g/mol. The summed E-state index contributed by atoms with van der Waals surface area (Å²) in [5.41, 5.74) is 2.86. The van der Waals surface area contributed by atoms with E-state index >= 15 is 0 Å². The first-order valence-corrected chi connectivity index (χ1v) is 6.38. The molecule has 0 atom stereocenters. The SMILES string of the molecule is COC(=O)/C(C#N)=N/Nc1ccc(Oc2ccccc2)cc1. The second-order valence-electron chi connectivity index (χ2n) is 4.12. The number of hydrogen-bond acceptors (Lipinski definition) is 6. The number of methoxy groups -OCH3 is 1. The molecule has 0 saturated heterocycles. The van der Waals surface area contributed by atoms with Gasteiger partial charge in [-0.15, -0.1) is 0 Å². The van der Waals surface area contributed by atoms with Crippen LogP contribution in [-0.2, 0) is 9.53 Å². The number of hydrogen-bond donors (Lipinski definition) is 1. The average Bonchev–Trinajstić information content (AvgIpc) is 2.57. The molecule has 2 rings (SSSR count). The Balaban J connectivity index is 2.02. The van der Waals surface area contributed by atoms with Crippen LogP contribution in [-0.4, -0.2) is 18.8 Å². The smallest absolute Gasteiger partial charge is 0.369 e. The molecule has 0 aliphatic carbocycles. The molecule has 110 valence electrons. The predicted molar refractivity (Wildman–Crippen MR) is 81.6 cm³/mol. The second kappa shape index (κ2) is 7.45. The Morgan fingerprint density at radius 2 is 1.73 bits per heavy atom. The summed E-state index contributed by atoms with van der Waals surface area (Å²) < 4.78 is 10.1. The fourth-order valence-electron chi connectivity index (χ4n) is 1.56. The molecule has 2 aromatic rings. The van der Waals surface area contributed by atoms with E-state index < -0.39 is 5.97 Å². The third-order valence-electron chi connectivity index (χ3n) is 2.61. The normalized spacial score (nSPS) is 10.5. The van der Waals surface area contributed by atoms with Gasteiger partial charge in [0.05, 0.1) is 12.8 Å². The zero-order valence-electron chi connectivity index (χ0n) is 11.8. The highest BCUT2D eigenvalue weighted by atomic mass is 16.5. The quantitative estimate of drug-likeness (QED) is 0.521. The number of nitrogens with one attached hydrogen (secondary N) is 1. The van der Waals surface area contributed by atoms with Crippen molar-refractivity contribution in [2.24, 2.45) is 5.10 Å². The van der Waals surface area contributed by atoms with Crippen molar-refractivity contribution in [1.29, 1.82) is 5.26 Å². The van der Waals surface area contributed by atoms with Crippen molar-refractivity contribution in [2.75, 3.05) is 12.5 Å². The summed E-state index contributed by atoms with van der Waals surface area (Å²) in [6.07, 6.45) is 0. The van der Waals surface area contributed by atoms with E-state index in [2.05, 4.69) is 15.3 Å². The van der Waals surface area contributed by atoms with Gasteiger partial charge in [0.1, 0.15) is 17.6 Å². The van der Waals surface area contributed by atoms with Gasteiger partial charge in [0.2, 0.25) is 5.71 Å². The highest BCUT2D eigenvalue weighted by Gasteiger charge is 2.10. The van der Waals surface area contributed by atoms with Crippen molar-refractivity contribution < 1.29 is 14.3 Å². The molecule has 0 fully saturated rings. The Labute approximate surface area is 127 Å². The van der Waals surface area contributed by atoms with Gasteiger partial charge in [-0.3, -0.25) is 5.43 Å². The molecule has 0 aromatic heterocycles. The van der Waals surface area contributed by atoms with Crippen LogP contribution in [0.25, 0.3) is 0 Å². The molecule has 0 amide bonds. The third-order valence-corrected chi connectivity index (χ3v) is 2.61. The largest absolute Gasteiger partial charge is 0.464 e. The molecule has 0 unspecified atom stereocenters. The molecule has 0 aliphatic heterocycles. The summed E-state index contributed by atoms with van der Waals surface area (Å²) in [4.78, 5) is 11.2. The number of carbonyl (C=O) groups excluding carboxylic acids is 1. The number of rotatable bonds is 5. The van der Waals surface area contributed by atoms with Gasteiger partial charge in [0, 0.05) is 0 Å². The van der Waals surface area contributed by atoms with Crippen LogP contribution in [0.2, 0.25) is 0 Å². The molecule has 0 aliphatic rings. The highest BCUT2D eigenvalue weighted by Crippen LogP contribution is 2.22. The number of para-hydroxylation sites is 1. The van der Waals surface area contributed by atoms with E-state index in [0.717, 1.165) is 5.75 Å². The zero-order valence-corrected chi connectivity index (χ0v) is 11.8. The van der Waals surface area contributed by atoms with Crippen LogP contribution in [0.5, 0.6) is 11.5 Å². The van der Waals surface area contributed by atoms with E-state index in [1.807, 2.05) is 30.3 Å². The lowest BCUT2D eigenvalue weighted by Crippen LogP contribution is -2.15. The molecule has 6 nitrogen and oxygen atoms in total. The minimum Gasteiger partial charge on any atom is -0.464 e. The van der Waals surface area contributed by atoms with Gasteiger partial charge in [0.25, 0.3) is 0 Å². The van der Waals surface area contributed by atoms with Crippen LogP contribution in [0.4, 0.5) is 5.69 Å². The van der Waals surface area contributed by atoms with Crippen LogP contribution >= 0.6 is 0 Å². The molecule has 0 heterocycles. The van der Waals surface area contributed by atoms with Crippen LogP contribution in [0, 0.1) is 11.3 Å². The van der Waals surface area contributed by atoms with Gasteiger partial charge in [-0.05, 0) is 36.4 Å². The fourth-order valence-corrected chi connectivity index (χ4v) is 1.56. The van der Waals surface area contributed by atoms with Crippen LogP contribution in [0.3, 0.4) is 0 Å². The number of ether oxygens (including phenoxy) is 2. The van der Waals surface area contributed by atoms with Gasteiger partial charge in [-0.25, -0.2) is 4.79 Å². The second-order valence-corrected chi connectivity index (χ2v) is 4.12. The summed E-state index contributed by atoms with van der Waals surface area (Å²) in [5, 5.41) is 12.5.